The maximum Gasteiger partial charge on any atom is 0.320 e. The third kappa shape index (κ3) is 2.72. The molecule has 0 spiro atoms. The number of carboxylic acids is 1. The average molecular weight is 181 g/mol. The number of aromatic nitrogens is 1. The van der Waals surface area contributed by atoms with Crippen LogP contribution in [0.25, 0.3) is 0 Å². The number of aliphatic carboxylic acids is 1. The van der Waals surface area contributed by atoms with Crippen LogP contribution in [0, 0.1) is 0 Å². The van der Waals surface area contributed by atoms with Gasteiger partial charge in [0.25, 0.3) is 0 Å². The van der Waals surface area contributed by atoms with Crippen molar-refractivity contribution in [1.29, 1.82) is 0 Å². The number of rotatable bonds is 3. The Kier molecular flexibility index (Phi) is 2.81. The van der Waals surface area contributed by atoms with Gasteiger partial charge >= 0.3 is 5.97 Å². The molecule has 1 unspecified atom stereocenters. The van der Waals surface area contributed by atoms with Crippen molar-refractivity contribution >= 4 is 11.7 Å². The highest BCUT2D eigenvalue weighted by atomic mass is 16.4. The van der Waals surface area contributed by atoms with Crippen molar-refractivity contribution in [2.45, 2.75) is 12.5 Å². The number of nitrogens with zero attached hydrogens (tertiary/aromatic N) is 1. The van der Waals surface area contributed by atoms with Gasteiger partial charge in [-0.05, 0) is 18.1 Å². The third-order valence-corrected chi connectivity index (χ3v) is 1.59. The molecule has 1 aromatic rings. The lowest BCUT2D eigenvalue weighted by molar-refractivity contribution is -0.138. The summed E-state index contributed by atoms with van der Waals surface area (Å²) in [7, 11) is 0. The summed E-state index contributed by atoms with van der Waals surface area (Å²) >= 11 is 0. The van der Waals surface area contributed by atoms with E-state index < -0.39 is 12.0 Å². The average Bonchev–Trinajstić information content (AvgIpc) is 2.04. The Morgan fingerprint density at radius 3 is 2.85 bits per heavy atom. The molecule has 0 amide bonds. The summed E-state index contributed by atoms with van der Waals surface area (Å²) in [6.45, 7) is 0. The molecule has 0 saturated carbocycles. The predicted molar refractivity (Wildman–Crippen MR) is 48.0 cm³/mol. The first-order valence-electron chi connectivity index (χ1n) is 3.77. The van der Waals surface area contributed by atoms with Gasteiger partial charge in [-0.3, -0.25) is 9.78 Å². The van der Waals surface area contributed by atoms with Crippen molar-refractivity contribution in [3.05, 3.63) is 24.0 Å². The second kappa shape index (κ2) is 3.86. The van der Waals surface area contributed by atoms with Crippen LogP contribution in [0.3, 0.4) is 0 Å². The van der Waals surface area contributed by atoms with Gasteiger partial charge in [0.05, 0.1) is 5.69 Å². The minimum Gasteiger partial charge on any atom is -0.480 e. The highest BCUT2D eigenvalue weighted by Crippen LogP contribution is 2.05. The van der Waals surface area contributed by atoms with E-state index in [9.17, 15) is 4.79 Å². The summed E-state index contributed by atoms with van der Waals surface area (Å²) in [6, 6.07) is 0.763. The van der Waals surface area contributed by atoms with Crippen molar-refractivity contribution in [3.8, 4) is 0 Å². The number of carboxylic acid groups (broad SMARTS) is 1. The summed E-state index contributed by atoms with van der Waals surface area (Å²) in [6.07, 6.45) is 3.29. The molecular weight excluding hydrogens is 170 g/mol. The first kappa shape index (κ1) is 9.47. The van der Waals surface area contributed by atoms with Crippen LogP contribution in [0.4, 0.5) is 5.69 Å². The van der Waals surface area contributed by atoms with Crippen LogP contribution >= 0.6 is 0 Å². The quantitative estimate of drug-likeness (QED) is 0.589. The van der Waals surface area contributed by atoms with E-state index in [1.165, 1.54) is 6.20 Å². The minimum atomic E-state index is -1.03. The molecule has 0 radical (unpaired) electrons. The van der Waals surface area contributed by atoms with Crippen LogP contribution in [0.2, 0.25) is 0 Å². The van der Waals surface area contributed by atoms with Gasteiger partial charge in [0.2, 0.25) is 0 Å². The number of hydrogen-bond donors (Lipinski definition) is 3. The number of hydrogen-bond acceptors (Lipinski definition) is 4. The van der Waals surface area contributed by atoms with Crippen LogP contribution in [0.1, 0.15) is 5.56 Å². The number of pyridine rings is 1. The summed E-state index contributed by atoms with van der Waals surface area (Å²) in [4.78, 5) is 14.2. The highest BCUT2D eigenvalue weighted by Gasteiger charge is 2.11. The lowest BCUT2D eigenvalue weighted by Crippen LogP contribution is -2.32. The molecule has 5 nitrogen and oxygen atoms in total. The topological polar surface area (TPSA) is 102 Å². The van der Waals surface area contributed by atoms with E-state index in [-0.39, 0.29) is 6.42 Å². The predicted octanol–water partition coefficient (Wildman–Crippen LogP) is -0.382. The van der Waals surface area contributed by atoms with Gasteiger partial charge in [-0.1, -0.05) is 0 Å². The van der Waals surface area contributed by atoms with Crippen LogP contribution < -0.4 is 11.5 Å². The van der Waals surface area contributed by atoms with Gasteiger partial charge in [0, 0.05) is 12.4 Å². The van der Waals surface area contributed by atoms with Crippen molar-refractivity contribution in [1.82, 2.24) is 4.98 Å². The van der Waals surface area contributed by atoms with Crippen molar-refractivity contribution in [2.75, 3.05) is 5.73 Å². The zero-order valence-electron chi connectivity index (χ0n) is 6.97. The molecule has 1 aromatic heterocycles. The van der Waals surface area contributed by atoms with E-state index in [1.807, 2.05) is 0 Å². The Labute approximate surface area is 75.4 Å². The van der Waals surface area contributed by atoms with Crippen LogP contribution in [-0.4, -0.2) is 22.1 Å². The van der Waals surface area contributed by atoms with Gasteiger partial charge in [-0.25, -0.2) is 0 Å². The monoisotopic (exact) mass is 181 g/mol. The molecule has 0 fully saturated rings. The fourth-order valence-electron chi connectivity index (χ4n) is 0.961. The van der Waals surface area contributed by atoms with E-state index in [1.54, 1.807) is 12.3 Å². The summed E-state index contributed by atoms with van der Waals surface area (Å²) in [5, 5.41) is 8.54. The van der Waals surface area contributed by atoms with Crippen molar-refractivity contribution in [2.24, 2.45) is 5.73 Å². The molecule has 0 saturated heterocycles. The fourth-order valence-corrected chi connectivity index (χ4v) is 0.961. The second-order valence-electron chi connectivity index (χ2n) is 2.78. The van der Waals surface area contributed by atoms with E-state index in [0.717, 1.165) is 5.56 Å². The Balaban J connectivity index is 2.69. The zero-order valence-corrected chi connectivity index (χ0v) is 6.97. The Hall–Kier alpha value is -1.62. The standard InChI is InChI=1S/C8H11N3O2/c9-6-1-5(3-11-4-6)2-7(10)8(12)13/h1,3-4,7H,2,9-10H2,(H,12,13). The van der Waals surface area contributed by atoms with E-state index in [0.29, 0.717) is 5.69 Å². The number of carbonyl (C=O) groups is 1. The van der Waals surface area contributed by atoms with Gasteiger partial charge < -0.3 is 16.6 Å². The van der Waals surface area contributed by atoms with Gasteiger partial charge in [-0.15, -0.1) is 0 Å². The molecule has 0 aromatic carbocycles. The maximum absolute atomic E-state index is 10.4. The zero-order chi connectivity index (χ0) is 9.84. The third-order valence-electron chi connectivity index (χ3n) is 1.59. The molecule has 1 heterocycles. The molecule has 0 aliphatic rings. The highest BCUT2D eigenvalue weighted by molar-refractivity contribution is 5.73. The maximum atomic E-state index is 10.4. The Morgan fingerprint density at radius 2 is 2.31 bits per heavy atom. The van der Waals surface area contributed by atoms with E-state index in [2.05, 4.69) is 4.98 Å². The molecule has 0 aliphatic heterocycles. The molecule has 1 atom stereocenters. The first-order valence-corrected chi connectivity index (χ1v) is 3.77. The summed E-state index contributed by atoms with van der Waals surface area (Å²) in [5.41, 5.74) is 12.0. The van der Waals surface area contributed by atoms with Crippen LogP contribution in [0.5, 0.6) is 0 Å². The number of anilines is 1. The molecule has 5 N–H and O–H groups in total. The Bertz CT molecular complexity index is 314. The summed E-state index contributed by atoms with van der Waals surface area (Å²) < 4.78 is 0. The van der Waals surface area contributed by atoms with Crippen molar-refractivity contribution in [3.63, 3.8) is 0 Å². The molecule has 0 aliphatic carbocycles. The van der Waals surface area contributed by atoms with Crippen LogP contribution in [0.15, 0.2) is 18.5 Å². The van der Waals surface area contributed by atoms with Crippen molar-refractivity contribution < 1.29 is 9.90 Å². The first-order chi connectivity index (χ1) is 6.09. The van der Waals surface area contributed by atoms with Gasteiger partial charge in [0.15, 0.2) is 0 Å². The molecule has 0 bridgehead atoms. The van der Waals surface area contributed by atoms with E-state index >= 15 is 0 Å². The lowest BCUT2D eigenvalue weighted by Gasteiger charge is -2.05. The van der Waals surface area contributed by atoms with Gasteiger partial charge in [-0.2, -0.15) is 0 Å². The second-order valence-corrected chi connectivity index (χ2v) is 2.78. The van der Waals surface area contributed by atoms with Gasteiger partial charge in [0.1, 0.15) is 6.04 Å². The molecule has 13 heavy (non-hydrogen) atoms. The SMILES string of the molecule is Nc1cncc(CC(N)C(=O)O)c1. The molecule has 1 rings (SSSR count). The number of nitrogen functional groups attached to an aromatic ring is 1. The summed E-state index contributed by atoms with van der Waals surface area (Å²) in [5.74, 6) is -1.03. The smallest absolute Gasteiger partial charge is 0.320 e. The molecule has 70 valence electrons. The normalized spacial score (nSPS) is 12.4. The molecule has 5 heteroatoms. The largest absolute Gasteiger partial charge is 0.480 e. The Morgan fingerprint density at radius 1 is 1.62 bits per heavy atom. The fraction of sp³-hybridized carbons (Fsp3) is 0.250. The lowest BCUT2D eigenvalue weighted by atomic mass is 10.1. The van der Waals surface area contributed by atoms with E-state index in [4.69, 9.17) is 16.6 Å². The van der Waals surface area contributed by atoms with Crippen LogP contribution in [-0.2, 0) is 11.2 Å². The molecular formula is C8H11N3O2. The number of nitrogens with two attached hydrogens (primary N) is 2. The minimum absolute atomic E-state index is 0.243.